The summed E-state index contributed by atoms with van der Waals surface area (Å²) in [4.78, 5) is 0. The van der Waals surface area contributed by atoms with Crippen molar-refractivity contribution in [1.82, 2.24) is 5.32 Å². The number of hydrogen-bond donors (Lipinski definition) is 1. The summed E-state index contributed by atoms with van der Waals surface area (Å²) >= 11 is 0. The fraction of sp³-hybridized carbons (Fsp3) is 0.600. The van der Waals surface area contributed by atoms with E-state index in [2.05, 4.69) is 43.4 Å². The summed E-state index contributed by atoms with van der Waals surface area (Å²) in [5.74, 6) is 1.83. The summed E-state index contributed by atoms with van der Waals surface area (Å²) in [6, 6.07) is 8.40. The molecule has 2 rings (SSSR count). The van der Waals surface area contributed by atoms with E-state index in [4.69, 9.17) is 4.74 Å². The normalized spacial score (nSPS) is 19.8. The van der Waals surface area contributed by atoms with Gasteiger partial charge >= 0.3 is 0 Å². The number of rotatable bonds is 6. The molecule has 94 valence electrons. The van der Waals surface area contributed by atoms with Crippen molar-refractivity contribution >= 4 is 0 Å². The molecular formula is C15H23NO. The van der Waals surface area contributed by atoms with Crippen molar-refractivity contribution < 1.29 is 4.74 Å². The molecule has 0 spiro atoms. The van der Waals surface area contributed by atoms with Crippen LogP contribution >= 0.6 is 0 Å². The van der Waals surface area contributed by atoms with Crippen LogP contribution in [0.25, 0.3) is 0 Å². The van der Waals surface area contributed by atoms with Gasteiger partial charge < -0.3 is 10.1 Å². The molecule has 2 unspecified atom stereocenters. The highest BCUT2D eigenvalue weighted by Gasteiger charge is 2.22. The minimum absolute atomic E-state index is 0.400. The van der Waals surface area contributed by atoms with E-state index in [9.17, 15) is 0 Å². The topological polar surface area (TPSA) is 21.3 Å². The van der Waals surface area contributed by atoms with Crippen LogP contribution in [-0.2, 0) is 6.42 Å². The molecule has 2 nitrogen and oxygen atoms in total. The van der Waals surface area contributed by atoms with Gasteiger partial charge in [0, 0.05) is 6.42 Å². The van der Waals surface area contributed by atoms with Crippen LogP contribution in [0.2, 0.25) is 0 Å². The zero-order chi connectivity index (χ0) is 12.1. The zero-order valence-electron chi connectivity index (χ0n) is 10.9. The number of fused-ring (bicyclic) bond motifs is 1. The van der Waals surface area contributed by atoms with Crippen LogP contribution in [0.3, 0.4) is 0 Å². The predicted molar refractivity (Wildman–Crippen MR) is 71.5 cm³/mol. The Balaban J connectivity index is 1.73. The SMILES string of the molecule is CCNCC(C)CCC1Cc2ccccc2O1. The van der Waals surface area contributed by atoms with Gasteiger partial charge in [0.15, 0.2) is 0 Å². The second-order valence-corrected chi connectivity index (χ2v) is 5.04. The Labute approximate surface area is 104 Å². The van der Waals surface area contributed by atoms with E-state index in [-0.39, 0.29) is 0 Å². The van der Waals surface area contributed by atoms with Gasteiger partial charge in [0.2, 0.25) is 0 Å². The molecule has 1 aromatic rings. The summed E-state index contributed by atoms with van der Waals surface area (Å²) in [5, 5.41) is 3.40. The molecule has 1 N–H and O–H groups in total. The zero-order valence-corrected chi connectivity index (χ0v) is 10.9. The first-order valence-corrected chi connectivity index (χ1v) is 6.75. The monoisotopic (exact) mass is 233 g/mol. The van der Waals surface area contributed by atoms with E-state index in [1.807, 2.05) is 0 Å². The second-order valence-electron chi connectivity index (χ2n) is 5.04. The van der Waals surface area contributed by atoms with Crippen LogP contribution < -0.4 is 10.1 Å². The standard InChI is InChI=1S/C15H23NO/c1-3-16-11-12(2)8-9-14-10-13-6-4-5-7-15(13)17-14/h4-7,12,14,16H,3,8-11H2,1-2H3. The molecule has 0 amide bonds. The molecule has 1 aliphatic heterocycles. The fourth-order valence-corrected chi connectivity index (χ4v) is 2.38. The smallest absolute Gasteiger partial charge is 0.123 e. The highest BCUT2D eigenvalue weighted by molar-refractivity contribution is 5.37. The van der Waals surface area contributed by atoms with E-state index >= 15 is 0 Å². The van der Waals surface area contributed by atoms with Gasteiger partial charge in [0.25, 0.3) is 0 Å². The molecule has 1 heterocycles. The third-order valence-electron chi connectivity index (χ3n) is 3.44. The van der Waals surface area contributed by atoms with Crippen LogP contribution in [0.1, 0.15) is 32.3 Å². The van der Waals surface area contributed by atoms with Crippen LogP contribution in [0.5, 0.6) is 5.75 Å². The van der Waals surface area contributed by atoms with Gasteiger partial charge in [0.1, 0.15) is 11.9 Å². The van der Waals surface area contributed by atoms with Crippen LogP contribution in [0.4, 0.5) is 0 Å². The Morgan fingerprint density at radius 1 is 1.41 bits per heavy atom. The van der Waals surface area contributed by atoms with E-state index in [1.54, 1.807) is 0 Å². The van der Waals surface area contributed by atoms with Crippen LogP contribution in [0, 0.1) is 5.92 Å². The molecule has 0 fully saturated rings. The minimum atomic E-state index is 0.400. The number of benzene rings is 1. The Kier molecular flexibility index (Phi) is 4.43. The minimum Gasteiger partial charge on any atom is -0.490 e. The summed E-state index contributed by atoms with van der Waals surface area (Å²) in [6.45, 7) is 6.65. The Bertz CT molecular complexity index is 326. The van der Waals surface area contributed by atoms with Crippen molar-refractivity contribution in [3.63, 3.8) is 0 Å². The number of hydrogen-bond acceptors (Lipinski definition) is 2. The first-order valence-electron chi connectivity index (χ1n) is 6.75. The molecule has 0 bridgehead atoms. The van der Waals surface area contributed by atoms with Gasteiger partial charge in [0.05, 0.1) is 0 Å². The molecule has 0 aliphatic carbocycles. The van der Waals surface area contributed by atoms with E-state index < -0.39 is 0 Å². The van der Waals surface area contributed by atoms with Crippen LogP contribution in [-0.4, -0.2) is 19.2 Å². The highest BCUT2D eigenvalue weighted by Crippen LogP contribution is 2.30. The molecule has 2 heteroatoms. The summed E-state index contributed by atoms with van der Waals surface area (Å²) < 4.78 is 5.94. The van der Waals surface area contributed by atoms with Gasteiger partial charge in [-0.25, -0.2) is 0 Å². The first kappa shape index (κ1) is 12.4. The van der Waals surface area contributed by atoms with E-state index in [1.165, 1.54) is 18.4 Å². The molecule has 2 atom stereocenters. The van der Waals surface area contributed by atoms with Crippen LogP contribution in [0.15, 0.2) is 24.3 Å². The van der Waals surface area contributed by atoms with E-state index in [0.29, 0.717) is 6.10 Å². The molecular weight excluding hydrogens is 210 g/mol. The maximum absolute atomic E-state index is 5.94. The molecule has 0 saturated heterocycles. The van der Waals surface area contributed by atoms with Crippen molar-refractivity contribution in [2.24, 2.45) is 5.92 Å². The quantitative estimate of drug-likeness (QED) is 0.815. The maximum Gasteiger partial charge on any atom is 0.123 e. The lowest BCUT2D eigenvalue weighted by Gasteiger charge is -2.15. The Morgan fingerprint density at radius 2 is 2.24 bits per heavy atom. The van der Waals surface area contributed by atoms with Crippen molar-refractivity contribution in [3.05, 3.63) is 29.8 Å². The van der Waals surface area contributed by atoms with Gasteiger partial charge in [-0.05, 0) is 43.5 Å². The lowest BCUT2D eigenvalue weighted by molar-refractivity contribution is 0.209. The van der Waals surface area contributed by atoms with Gasteiger partial charge in [-0.15, -0.1) is 0 Å². The van der Waals surface area contributed by atoms with Crippen molar-refractivity contribution in [2.75, 3.05) is 13.1 Å². The number of ether oxygens (including phenoxy) is 1. The number of para-hydroxylation sites is 1. The third kappa shape index (κ3) is 3.47. The Morgan fingerprint density at radius 3 is 3.00 bits per heavy atom. The molecule has 17 heavy (non-hydrogen) atoms. The van der Waals surface area contributed by atoms with Gasteiger partial charge in [-0.3, -0.25) is 0 Å². The van der Waals surface area contributed by atoms with Crippen molar-refractivity contribution in [2.45, 2.75) is 39.2 Å². The molecule has 1 aromatic carbocycles. The predicted octanol–water partition coefficient (Wildman–Crippen LogP) is 3.02. The first-order chi connectivity index (χ1) is 8.29. The highest BCUT2D eigenvalue weighted by atomic mass is 16.5. The lowest BCUT2D eigenvalue weighted by atomic mass is 10.0. The Hall–Kier alpha value is -1.02. The van der Waals surface area contributed by atoms with Gasteiger partial charge in [-0.2, -0.15) is 0 Å². The second kappa shape index (κ2) is 6.06. The maximum atomic E-state index is 5.94. The molecule has 1 aliphatic rings. The molecule has 0 saturated carbocycles. The molecule has 0 radical (unpaired) electrons. The summed E-state index contributed by atoms with van der Waals surface area (Å²) in [6.07, 6.45) is 3.90. The van der Waals surface area contributed by atoms with E-state index in [0.717, 1.165) is 31.2 Å². The lowest BCUT2D eigenvalue weighted by Crippen LogP contribution is -2.22. The summed E-state index contributed by atoms with van der Waals surface area (Å²) in [7, 11) is 0. The number of nitrogens with one attached hydrogen (secondary N) is 1. The summed E-state index contributed by atoms with van der Waals surface area (Å²) in [5.41, 5.74) is 1.37. The van der Waals surface area contributed by atoms with Crippen molar-refractivity contribution in [1.29, 1.82) is 0 Å². The largest absolute Gasteiger partial charge is 0.490 e. The van der Waals surface area contributed by atoms with Crippen molar-refractivity contribution in [3.8, 4) is 5.75 Å². The average Bonchev–Trinajstić information content (AvgIpc) is 2.76. The fourth-order valence-electron chi connectivity index (χ4n) is 2.38. The third-order valence-corrected chi connectivity index (χ3v) is 3.44. The van der Waals surface area contributed by atoms with Gasteiger partial charge in [-0.1, -0.05) is 32.0 Å². The average molecular weight is 233 g/mol. The molecule has 0 aromatic heterocycles.